The number of ether oxygens (including phenoxy) is 1. The average Bonchev–Trinajstić information content (AvgIpc) is 3.50. The topological polar surface area (TPSA) is 129 Å². The van der Waals surface area contributed by atoms with Crippen LogP contribution in [0.5, 0.6) is 5.75 Å². The molecule has 0 amide bonds. The van der Waals surface area contributed by atoms with Gasteiger partial charge in [-0.25, -0.2) is 22.9 Å². The van der Waals surface area contributed by atoms with Gasteiger partial charge in [0, 0.05) is 36.5 Å². The molecule has 1 saturated carbocycles. The minimum absolute atomic E-state index is 0.0857. The number of hydrogen-bond acceptors (Lipinski definition) is 9. The zero-order chi connectivity index (χ0) is 24.8. The molecule has 2 N–H and O–H groups in total. The van der Waals surface area contributed by atoms with Crippen LogP contribution in [0.2, 0.25) is 0 Å². The number of nitrogens with two attached hydrogens (primary N) is 1. The molecule has 9 nitrogen and oxygen atoms in total. The van der Waals surface area contributed by atoms with Crippen LogP contribution in [0, 0.1) is 5.82 Å². The number of nitrogens with zero attached hydrogens (tertiary/aromatic N) is 5. The van der Waals surface area contributed by atoms with Crippen LogP contribution in [-0.2, 0) is 15.3 Å². The molecular formula is C24H27FN6O3S. The van der Waals surface area contributed by atoms with Gasteiger partial charge in [0.05, 0.1) is 40.5 Å². The maximum atomic E-state index is 15.2. The first-order valence-electron chi connectivity index (χ1n) is 11.3. The Morgan fingerprint density at radius 1 is 1.29 bits per heavy atom. The van der Waals surface area contributed by atoms with E-state index in [0.29, 0.717) is 40.6 Å². The summed E-state index contributed by atoms with van der Waals surface area (Å²) < 4.78 is 43.4. The Bertz CT molecular complexity index is 1410. The van der Waals surface area contributed by atoms with Crippen molar-refractivity contribution >= 4 is 15.9 Å². The molecule has 3 unspecified atom stereocenters. The molecule has 1 aliphatic heterocycles. The van der Waals surface area contributed by atoms with Crippen LogP contribution in [0.25, 0.3) is 22.8 Å². The van der Waals surface area contributed by atoms with Crippen LogP contribution in [-0.4, -0.2) is 56.2 Å². The molecule has 11 heteroatoms. The monoisotopic (exact) mass is 498 g/mol. The van der Waals surface area contributed by atoms with Crippen molar-refractivity contribution in [2.75, 3.05) is 19.9 Å². The highest BCUT2D eigenvalue weighted by molar-refractivity contribution is 7.95. The van der Waals surface area contributed by atoms with E-state index in [1.54, 1.807) is 38.4 Å². The van der Waals surface area contributed by atoms with Crippen molar-refractivity contribution in [3.05, 3.63) is 48.0 Å². The molecular weight excluding hydrogens is 471 g/mol. The number of aromatic nitrogens is 3. The summed E-state index contributed by atoms with van der Waals surface area (Å²) in [6, 6.07) is 6.02. The normalized spacial score (nSPS) is 30.0. The quantitative estimate of drug-likeness (QED) is 0.582. The molecule has 5 rings (SSSR count). The van der Waals surface area contributed by atoms with E-state index in [0.717, 1.165) is 12.8 Å². The first kappa shape index (κ1) is 23.6. The minimum Gasteiger partial charge on any atom is -0.494 e. The van der Waals surface area contributed by atoms with Gasteiger partial charge in [0.2, 0.25) is 0 Å². The Morgan fingerprint density at radius 2 is 2.06 bits per heavy atom. The van der Waals surface area contributed by atoms with Crippen molar-refractivity contribution in [3.63, 3.8) is 0 Å². The zero-order valence-corrected chi connectivity index (χ0v) is 20.6. The second kappa shape index (κ2) is 8.49. The van der Waals surface area contributed by atoms with E-state index in [-0.39, 0.29) is 11.8 Å². The number of rotatable bonds is 4. The molecule has 0 saturated heterocycles. The maximum absolute atomic E-state index is 15.2. The van der Waals surface area contributed by atoms with Gasteiger partial charge in [0.15, 0.2) is 23.0 Å². The molecule has 4 atom stereocenters. The summed E-state index contributed by atoms with van der Waals surface area (Å²) >= 11 is 0. The van der Waals surface area contributed by atoms with Crippen molar-refractivity contribution in [1.29, 1.82) is 0 Å². The Labute approximate surface area is 203 Å². The molecule has 0 bridgehead atoms. The smallest absolute Gasteiger partial charge is 0.181 e. The molecule has 0 radical (unpaired) electrons. The van der Waals surface area contributed by atoms with Crippen LogP contribution < -0.4 is 10.5 Å². The third-order valence-corrected chi connectivity index (χ3v) is 10.4. The van der Waals surface area contributed by atoms with Gasteiger partial charge in [0.1, 0.15) is 10.6 Å². The second-order valence-electron chi connectivity index (χ2n) is 9.17. The Morgan fingerprint density at radius 3 is 2.71 bits per heavy atom. The summed E-state index contributed by atoms with van der Waals surface area (Å²) in [4.78, 5) is 13.2. The van der Waals surface area contributed by atoms with Gasteiger partial charge in [0.25, 0.3) is 0 Å². The lowest BCUT2D eigenvalue weighted by Crippen LogP contribution is -2.57. The highest BCUT2D eigenvalue weighted by atomic mass is 32.2. The lowest BCUT2D eigenvalue weighted by atomic mass is 9.91. The largest absolute Gasteiger partial charge is 0.494 e. The molecule has 1 fully saturated rings. The molecule has 1 spiro atoms. The highest BCUT2D eigenvalue weighted by Gasteiger charge is 2.54. The van der Waals surface area contributed by atoms with Crippen LogP contribution in [0.4, 0.5) is 4.39 Å². The van der Waals surface area contributed by atoms with Gasteiger partial charge < -0.3 is 15.0 Å². The molecule has 3 aromatic rings. The van der Waals surface area contributed by atoms with Crippen LogP contribution in [0.15, 0.2) is 50.5 Å². The fourth-order valence-corrected chi connectivity index (χ4v) is 8.02. The average molecular weight is 499 g/mol. The Kier molecular flexibility index (Phi) is 5.71. The van der Waals surface area contributed by atoms with Gasteiger partial charge in [-0.3, -0.25) is 4.99 Å². The fourth-order valence-electron chi connectivity index (χ4n) is 5.01. The predicted octanol–water partition coefficient (Wildman–Crippen LogP) is 3.59. The second-order valence-corrected chi connectivity index (χ2v) is 11.9. The van der Waals surface area contributed by atoms with Crippen LogP contribution in [0.3, 0.4) is 0 Å². The van der Waals surface area contributed by atoms with Crippen molar-refractivity contribution < 1.29 is 17.9 Å². The maximum Gasteiger partial charge on any atom is 0.181 e. The number of methoxy groups -OCH3 is 1. The molecule has 2 aliphatic rings. The number of halogens is 1. The lowest BCUT2D eigenvalue weighted by Gasteiger charge is -2.42. The summed E-state index contributed by atoms with van der Waals surface area (Å²) in [5.41, 5.74) is 6.64. The van der Waals surface area contributed by atoms with E-state index < -0.39 is 25.8 Å². The molecule has 1 aromatic carbocycles. The summed E-state index contributed by atoms with van der Waals surface area (Å²) in [7, 11) is 0.303. The van der Waals surface area contributed by atoms with Crippen molar-refractivity contribution in [3.8, 4) is 28.6 Å². The van der Waals surface area contributed by atoms with Gasteiger partial charge in [-0.15, -0.1) is 0 Å². The van der Waals surface area contributed by atoms with Crippen molar-refractivity contribution in [1.82, 2.24) is 15.1 Å². The SMILES string of the molecule is CN=S1(=O)C[C@@](C)(c2cc(-c3cc(-c4ncc(OC)cn4)no3)ccc2F)N=CC12CCCC2N. The summed E-state index contributed by atoms with van der Waals surface area (Å²) in [6.07, 6.45) is 7.07. The van der Waals surface area contributed by atoms with Crippen molar-refractivity contribution in [2.24, 2.45) is 15.1 Å². The third-order valence-electron chi connectivity index (χ3n) is 7.08. The van der Waals surface area contributed by atoms with E-state index >= 15 is 4.39 Å². The molecule has 2 aromatic heterocycles. The van der Waals surface area contributed by atoms with E-state index in [1.807, 2.05) is 0 Å². The Balaban J connectivity index is 1.52. The number of hydrogen-bond donors (Lipinski definition) is 1. The molecule has 3 heterocycles. The minimum atomic E-state index is -2.78. The summed E-state index contributed by atoms with van der Waals surface area (Å²) in [5, 5.41) is 4.05. The van der Waals surface area contributed by atoms with Gasteiger partial charge in [-0.1, -0.05) is 5.16 Å². The fraction of sp³-hybridized carbons (Fsp3) is 0.417. The lowest BCUT2D eigenvalue weighted by molar-refractivity contribution is 0.410. The first-order valence-corrected chi connectivity index (χ1v) is 13.0. The highest BCUT2D eigenvalue weighted by Crippen LogP contribution is 2.45. The predicted molar refractivity (Wildman–Crippen MR) is 131 cm³/mol. The van der Waals surface area contributed by atoms with E-state index in [2.05, 4.69) is 19.5 Å². The van der Waals surface area contributed by atoms with E-state index in [9.17, 15) is 4.21 Å². The molecule has 1 aliphatic carbocycles. The zero-order valence-electron chi connectivity index (χ0n) is 19.8. The summed E-state index contributed by atoms with van der Waals surface area (Å²) in [5.74, 6) is 0.949. The third kappa shape index (κ3) is 3.73. The van der Waals surface area contributed by atoms with Crippen LogP contribution in [0.1, 0.15) is 31.7 Å². The van der Waals surface area contributed by atoms with Crippen LogP contribution >= 0.6 is 0 Å². The van der Waals surface area contributed by atoms with E-state index in [4.69, 9.17) is 20.0 Å². The Hall–Kier alpha value is -3.18. The molecule has 35 heavy (non-hydrogen) atoms. The van der Waals surface area contributed by atoms with E-state index in [1.165, 1.54) is 25.6 Å². The standard InChI is InChI=1S/C24H27FN6O3S/c1-23(14-35(32,27-2)24(13-30-23)8-4-5-21(24)26)17-9-15(6-7-18(17)25)20-10-19(31-34-20)22-28-11-16(33-3)12-29-22/h6-7,9-13,21H,4-5,8,14,26H2,1-3H3/t21?,23-,24?,35?/m0/s1. The first-order chi connectivity index (χ1) is 16.7. The number of benzene rings is 1. The van der Waals surface area contributed by atoms with Gasteiger partial charge >= 0.3 is 0 Å². The molecule has 184 valence electrons. The van der Waals surface area contributed by atoms with Crippen molar-refractivity contribution in [2.45, 2.75) is 42.5 Å². The van der Waals surface area contributed by atoms with Gasteiger partial charge in [-0.05, 0) is 44.4 Å². The summed E-state index contributed by atoms with van der Waals surface area (Å²) in [6.45, 7) is 1.78. The van der Waals surface area contributed by atoms with Gasteiger partial charge in [-0.2, -0.15) is 0 Å². The number of aliphatic imine (C=N–C) groups is 1.